The summed E-state index contributed by atoms with van der Waals surface area (Å²) in [6.07, 6.45) is 3.21. The predicted octanol–water partition coefficient (Wildman–Crippen LogP) is 1.79. The third-order valence-electron chi connectivity index (χ3n) is 3.05. The van der Waals surface area contributed by atoms with E-state index in [2.05, 4.69) is 15.6 Å². The van der Waals surface area contributed by atoms with Crippen LogP contribution in [0.4, 0.5) is 4.79 Å². The minimum atomic E-state index is -0.267. The Bertz CT molecular complexity index is 562. The molecule has 0 fully saturated rings. The summed E-state index contributed by atoms with van der Waals surface area (Å²) in [7, 11) is 0. The minimum Gasteiger partial charge on any atom is -0.450 e. The molecule has 0 aliphatic carbocycles. The second kappa shape index (κ2) is 6.56. The van der Waals surface area contributed by atoms with Gasteiger partial charge in [0.05, 0.1) is 6.61 Å². The summed E-state index contributed by atoms with van der Waals surface area (Å²) in [5.41, 5.74) is 4.27. The highest BCUT2D eigenvalue weighted by molar-refractivity contribution is 7.71. The van der Waals surface area contributed by atoms with Crippen LogP contribution in [0.3, 0.4) is 0 Å². The average Bonchev–Trinajstić information content (AvgIpc) is 2.81. The van der Waals surface area contributed by atoms with Gasteiger partial charge in [0.25, 0.3) is 0 Å². The number of H-pyrrole nitrogens is 1. The largest absolute Gasteiger partial charge is 0.450 e. The molecule has 0 radical (unpaired) electrons. The van der Waals surface area contributed by atoms with Crippen LogP contribution in [-0.4, -0.2) is 45.6 Å². The fourth-order valence-corrected chi connectivity index (χ4v) is 2.17. The lowest BCUT2D eigenvalue weighted by Gasteiger charge is -2.26. The molecule has 8 heteroatoms. The van der Waals surface area contributed by atoms with Gasteiger partial charge in [0.2, 0.25) is 4.77 Å². The lowest BCUT2D eigenvalue weighted by Crippen LogP contribution is -2.37. The van der Waals surface area contributed by atoms with E-state index in [1.54, 1.807) is 16.5 Å². The average molecular weight is 297 g/mol. The Kier molecular flexibility index (Phi) is 4.78. The van der Waals surface area contributed by atoms with Crippen LogP contribution in [0.25, 0.3) is 0 Å². The van der Waals surface area contributed by atoms with Gasteiger partial charge in [0.1, 0.15) is 0 Å². The Morgan fingerprint density at radius 1 is 1.60 bits per heavy atom. The van der Waals surface area contributed by atoms with Crippen molar-refractivity contribution in [3.05, 3.63) is 22.4 Å². The van der Waals surface area contributed by atoms with Gasteiger partial charge in [-0.05, 0) is 25.2 Å². The molecule has 2 rings (SSSR count). The Labute approximate surface area is 122 Å². The van der Waals surface area contributed by atoms with E-state index >= 15 is 0 Å². The van der Waals surface area contributed by atoms with Gasteiger partial charge in [-0.25, -0.2) is 9.47 Å². The van der Waals surface area contributed by atoms with E-state index < -0.39 is 0 Å². The van der Waals surface area contributed by atoms with Gasteiger partial charge < -0.3 is 9.64 Å². The van der Waals surface area contributed by atoms with E-state index in [9.17, 15) is 4.79 Å². The number of nitrogens with zero attached hydrogens (tertiary/aromatic N) is 3. The number of nitrogens with one attached hydrogen (secondary N) is 2. The molecular weight excluding hydrogens is 278 g/mol. The summed E-state index contributed by atoms with van der Waals surface area (Å²) in [5.74, 6) is 0.851. The van der Waals surface area contributed by atoms with Gasteiger partial charge in [-0.3, -0.25) is 10.5 Å². The summed E-state index contributed by atoms with van der Waals surface area (Å²) >= 11 is 5.18. The number of ether oxygens (including phenoxy) is 1. The molecule has 0 spiro atoms. The van der Waals surface area contributed by atoms with Crippen molar-refractivity contribution in [1.82, 2.24) is 19.8 Å². The van der Waals surface area contributed by atoms with Crippen LogP contribution >= 0.6 is 12.2 Å². The molecule has 0 bridgehead atoms. The number of amides is 1. The fourth-order valence-electron chi connectivity index (χ4n) is 1.98. The summed E-state index contributed by atoms with van der Waals surface area (Å²) in [4.78, 5) is 13.3. The fraction of sp³-hybridized carbons (Fsp3) is 0.583. The highest BCUT2D eigenvalue weighted by atomic mass is 32.1. The summed E-state index contributed by atoms with van der Waals surface area (Å²) in [5, 5.41) is 6.90. The normalized spacial score (nSPS) is 14.9. The molecule has 1 aromatic heterocycles. The van der Waals surface area contributed by atoms with Crippen molar-refractivity contribution in [1.29, 1.82) is 0 Å². The van der Waals surface area contributed by atoms with E-state index in [4.69, 9.17) is 17.0 Å². The molecule has 1 aliphatic heterocycles. The highest BCUT2D eigenvalue weighted by Gasteiger charge is 2.18. The van der Waals surface area contributed by atoms with Gasteiger partial charge in [0.15, 0.2) is 5.82 Å². The molecule has 0 saturated heterocycles. The number of hydrogen-bond acceptors (Lipinski definition) is 5. The lowest BCUT2D eigenvalue weighted by molar-refractivity contribution is 0.110. The first-order valence-electron chi connectivity index (χ1n) is 6.69. The zero-order valence-electron chi connectivity index (χ0n) is 11.7. The lowest BCUT2D eigenvalue weighted by atomic mass is 10.2. The smallest absolute Gasteiger partial charge is 0.410 e. The second-order valence-electron chi connectivity index (χ2n) is 4.37. The summed E-state index contributed by atoms with van der Waals surface area (Å²) < 4.78 is 7.28. The van der Waals surface area contributed by atoms with E-state index in [1.165, 1.54) is 0 Å². The molecule has 20 heavy (non-hydrogen) atoms. The molecule has 1 amide bonds. The maximum absolute atomic E-state index is 11.6. The monoisotopic (exact) mass is 297 g/mol. The van der Waals surface area contributed by atoms with Crippen LogP contribution in [-0.2, 0) is 11.2 Å². The molecule has 1 aromatic rings. The Morgan fingerprint density at radius 3 is 3.00 bits per heavy atom. The van der Waals surface area contributed by atoms with Crippen LogP contribution in [0.5, 0.6) is 0 Å². The maximum atomic E-state index is 11.6. The van der Waals surface area contributed by atoms with Crippen molar-refractivity contribution >= 4 is 18.3 Å². The Hall–Kier alpha value is -1.83. The SMILES string of the molecule is CCOC(=O)N1CC=C(Nn2c(CC)n[nH]c2=S)CC1. The molecular formula is C12H19N5O2S. The first-order chi connectivity index (χ1) is 9.65. The number of aromatic nitrogens is 3. The third kappa shape index (κ3) is 3.19. The van der Waals surface area contributed by atoms with Gasteiger partial charge in [-0.2, -0.15) is 5.10 Å². The summed E-state index contributed by atoms with van der Waals surface area (Å²) in [6, 6.07) is 0. The van der Waals surface area contributed by atoms with E-state index in [0.717, 1.165) is 24.4 Å². The Balaban J connectivity index is 2.00. The second-order valence-corrected chi connectivity index (χ2v) is 4.76. The number of hydrogen-bond donors (Lipinski definition) is 2. The molecule has 0 unspecified atom stereocenters. The van der Waals surface area contributed by atoms with E-state index in [-0.39, 0.29) is 6.09 Å². The van der Waals surface area contributed by atoms with Crippen LogP contribution in [0.2, 0.25) is 0 Å². The minimum absolute atomic E-state index is 0.267. The number of carbonyl (C=O) groups is 1. The molecule has 0 aromatic carbocycles. The van der Waals surface area contributed by atoms with Gasteiger partial charge in [-0.15, -0.1) is 0 Å². The zero-order chi connectivity index (χ0) is 14.5. The van der Waals surface area contributed by atoms with Crippen molar-refractivity contribution in [2.24, 2.45) is 0 Å². The topological polar surface area (TPSA) is 75.2 Å². The molecule has 2 heterocycles. The quantitative estimate of drug-likeness (QED) is 0.829. The molecule has 110 valence electrons. The van der Waals surface area contributed by atoms with Crippen molar-refractivity contribution in [2.45, 2.75) is 26.7 Å². The third-order valence-corrected chi connectivity index (χ3v) is 3.32. The van der Waals surface area contributed by atoms with E-state index in [1.807, 2.05) is 13.0 Å². The highest BCUT2D eigenvalue weighted by Crippen LogP contribution is 2.11. The van der Waals surface area contributed by atoms with Gasteiger partial charge in [-0.1, -0.05) is 6.92 Å². The molecule has 2 N–H and O–H groups in total. The van der Waals surface area contributed by atoms with E-state index in [0.29, 0.717) is 24.5 Å². The zero-order valence-corrected chi connectivity index (χ0v) is 12.5. The van der Waals surface area contributed by atoms with Crippen LogP contribution < -0.4 is 5.43 Å². The standard InChI is InChI=1S/C12H19N5O2S/c1-3-10-13-14-11(20)17(10)15-9-5-7-16(8-6-9)12(18)19-4-2/h5,15H,3-4,6-8H2,1-2H3,(H,14,20). The van der Waals surface area contributed by atoms with Crippen molar-refractivity contribution in [3.63, 3.8) is 0 Å². The predicted molar refractivity (Wildman–Crippen MR) is 77.4 cm³/mol. The molecule has 7 nitrogen and oxygen atoms in total. The molecule has 1 aliphatic rings. The first kappa shape index (κ1) is 14.6. The number of rotatable bonds is 4. The number of aryl methyl sites for hydroxylation is 1. The summed E-state index contributed by atoms with van der Waals surface area (Å²) in [6.45, 7) is 5.38. The van der Waals surface area contributed by atoms with Crippen LogP contribution in [0.15, 0.2) is 11.8 Å². The number of aromatic amines is 1. The van der Waals surface area contributed by atoms with Crippen molar-refractivity contribution in [3.8, 4) is 0 Å². The number of carbonyl (C=O) groups excluding carboxylic acids is 1. The maximum Gasteiger partial charge on any atom is 0.410 e. The van der Waals surface area contributed by atoms with Gasteiger partial charge in [0, 0.05) is 31.6 Å². The molecule has 0 saturated carbocycles. The van der Waals surface area contributed by atoms with Gasteiger partial charge >= 0.3 is 6.09 Å². The van der Waals surface area contributed by atoms with Crippen LogP contribution in [0.1, 0.15) is 26.1 Å². The van der Waals surface area contributed by atoms with Crippen LogP contribution in [0, 0.1) is 4.77 Å². The molecule has 0 atom stereocenters. The van der Waals surface area contributed by atoms with Crippen molar-refractivity contribution in [2.75, 3.05) is 25.1 Å². The first-order valence-corrected chi connectivity index (χ1v) is 7.10. The Morgan fingerprint density at radius 2 is 2.40 bits per heavy atom. The van der Waals surface area contributed by atoms with Crippen molar-refractivity contribution < 1.29 is 9.53 Å².